The van der Waals surface area contributed by atoms with Gasteiger partial charge in [0.1, 0.15) is 12.7 Å². The quantitative estimate of drug-likeness (QED) is 0.0385. The van der Waals surface area contributed by atoms with Crippen LogP contribution in [0.3, 0.4) is 0 Å². The van der Waals surface area contributed by atoms with E-state index in [1.807, 2.05) is 6.92 Å². The van der Waals surface area contributed by atoms with Gasteiger partial charge in [0.25, 0.3) is 0 Å². The van der Waals surface area contributed by atoms with Gasteiger partial charge in [0.2, 0.25) is 5.91 Å². The molecule has 0 rings (SSSR count). The van der Waals surface area contributed by atoms with Crippen LogP contribution in [0.5, 0.6) is 0 Å². The average molecular weight is 618 g/mol. The fourth-order valence-electron chi connectivity index (χ4n) is 3.56. The number of unbranched alkanes of at least 4 members (excludes halogenated alkanes) is 7. The number of hydrogen-bond donors (Lipinski definition) is 4. The van der Waals surface area contributed by atoms with Crippen LogP contribution in [0.2, 0.25) is 0 Å². The maximum absolute atomic E-state index is 12.0. The van der Waals surface area contributed by atoms with Crippen LogP contribution in [0.25, 0.3) is 0 Å². The van der Waals surface area contributed by atoms with Gasteiger partial charge >= 0.3 is 19.8 Å². The number of carbonyl (C=O) groups is 3. The zero-order valence-electron chi connectivity index (χ0n) is 25.3. The van der Waals surface area contributed by atoms with Crippen molar-refractivity contribution in [3.8, 4) is 0 Å². The predicted molar refractivity (Wildman–Crippen MR) is 162 cm³/mol. The third-order valence-corrected chi connectivity index (χ3v) is 6.89. The number of phosphoric acid groups is 1. The van der Waals surface area contributed by atoms with Crippen molar-refractivity contribution in [2.45, 2.75) is 116 Å². The molecule has 3 atom stereocenters. The van der Waals surface area contributed by atoms with Gasteiger partial charge in [0.15, 0.2) is 6.04 Å². The molecular weight excluding hydrogens is 565 g/mol. The molecule has 242 valence electrons. The van der Waals surface area contributed by atoms with Gasteiger partial charge in [-0.15, -0.1) is 0 Å². The summed E-state index contributed by atoms with van der Waals surface area (Å²) in [4.78, 5) is 44.8. The van der Waals surface area contributed by atoms with Crippen LogP contribution in [0.4, 0.5) is 0 Å². The normalized spacial score (nSPS) is 14.8. The molecule has 0 aromatic rings. The first-order chi connectivity index (χ1) is 20.1. The maximum Gasteiger partial charge on any atom is 0.472 e. The SMILES string of the molecule is CC/C=C\C/C=C\C/C=C\CCCCCCCC(=O)OCC(O)COP(=O)(O)OCC(NC(=O)CCCCC)C(=O)O. The molecule has 0 fully saturated rings. The summed E-state index contributed by atoms with van der Waals surface area (Å²) >= 11 is 0. The molecule has 1 amide bonds. The average Bonchev–Trinajstić information content (AvgIpc) is 2.95. The van der Waals surface area contributed by atoms with Crippen molar-refractivity contribution in [3.63, 3.8) is 0 Å². The van der Waals surface area contributed by atoms with Gasteiger partial charge in [-0.2, -0.15) is 0 Å². The molecule has 4 N–H and O–H groups in total. The first kappa shape index (κ1) is 39.7. The molecule has 42 heavy (non-hydrogen) atoms. The van der Waals surface area contributed by atoms with Crippen LogP contribution in [-0.2, 0) is 32.7 Å². The van der Waals surface area contributed by atoms with Gasteiger partial charge in [0, 0.05) is 12.8 Å². The van der Waals surface area contributed by atoms with Crippen molar-refractivity contribution in [2.75, 3.05) is 19.8 Å². The highest BCUT2D eigenvalue weighted by Gasteiger charge is 2.28. The smallest absolute Gasteiger partial charge is 0.472 e. The summed E-state index contributed by atoms with van der Waals surface area (Å²) in [6.45, 7) is 2.17. The van der Waals surface area contributed by atoms with E-state index in [4.69, 9.17) is 4.74 Å². The number of nitrogens with one attached hydrogen (secondary N) is 1. The van der Waals surface area contributed by atoms with Gasteiger partial charge < -0.3 is 25.2 Å². The minimum Gasteiger partial charge on any atom is -0.480 e. The number of carboxylic acid groups (broad SMARTS) is 1. The number of carbonyl (C=O) groups excluding carboxylic acids is 2. The van der Waals surface area contributed by atoms with Gasteiger partial charge in [-0.05, 0) is 44.9 Å². The van der Waals surface area contributed by atoms with Crippen LogP contribution in [0, 0.1) is 0 Å². The Kier molecular flexibility index (Phi) is 24.9. The van der Waals surface area contributed by atoms with E-state index in [0.29, 0.717) is 12.8 Å². The van der Waals surface area contributed by atoms with E-state index < -0.39 is 57.6 Å². The van der Waals surface area contributed by atoms with Gasteiger partial charge in [-0.3, -0.25) is 18.6 Å². The number of carboxylic acids is 1. The predicted octanol–water partition coefficient (Wildman–Crippen LogP) is 5.76. The number of aliphatic hydroxyl groups is 1. The van der Waals surface area contributed by atoms with E-state index in [2.05, 4.69) is 57.7 Å². The van der Waals surface area contributed by atoms with Crippen molar-refractivity contribution in [3.05, 3.63) is 36.5 Å². The standard InChI is InChI=1S/C30H52NO10P/c1-3-5-7-8-9-10-11-12-13-14-15-16-17-18-20-22-29(34)39-23-26(32)24-40-42(37,38)41-25-27(30(35)36)31-28(33)21-19-6-4-2/h5,7,9-10,12-13,26-27,32H,3-4,6,8,11,14-25H2,1-2H3,(H,31,33)(H,35,36)(H,37,38)/b7-5-,10-9-,13-12-. The molecule has 0 spiro atoms. The Morgan fingerprint density at radius 1 is 0.786 bits per heavy atom. The second-order valence-corrected chi connectivity index (χ2v) is 11.4. The lowest BCUT2D eigenvalue weighted by Crippen LogP contribution is -2.43. The highest BCUT2D eigenvalue weighted by Crippen LogP contribution is 2.43. The fourth-order valence-corrected chi connectivity index (χ4v) is 4.33. The lowest BCUT2D eigenvalue weighted by Gasteiger charge is -2.18. The number of esters is 1. The summed E-state index contributed by atoms with van der Waals surface area (Å²) in [6.07, 6.45) is 23.1. The Morgan fingerprint density at radius 3 is 2.05 bits per heavy atom. The minimum absolute atomic E-state index is 0.129. The number of phosphoric ester groups is 1. The molecule has 11 nitrogen and oxygen atoms in total. The van der Waals surface area contributed by atoms with Crippen molar-refractivity contribution in [1.82, 2.24) is 5.32 Å². The lowest BCUT2D eigenvalue weighted by molar-refractivity contribution is -0.147. The van der Waals surface area contributed by atoms with Crippen molar-refractivity contribution in [2.24, 2.45) is 0 Å². The Bertz CT molecular complexity index is 874. The molecule has 0 bridgehead atoms. The summed E-state index contributed by atoms with van der Waals surface area (Å²) in [5.74, 6) is -2.44. The van der Waals surface area contributed by atoms with E-state index in [0.717, 1.165) is 64.2 Å². The van der Waals surface area contributed by atoms with Crippen molar-refractivity contribution >= 4 is 25.7 Å². The summed E-state index contributed by atoms with van der Waals surface area (Å²) in [7, 11) is -4.73. The zero-order chi connectivity index (χ0) is 31.5. The zero-order valence-corrected chi connectivity index (χ0v) is 26.2. The molecule has 0 saturated heterocycles. The highest BCUT2D eigenvalue weighted by molar-refractivity contribution is 7.47. The van der Waals surface area contributed by atoms with Crippen molar-refractivity contribution < 1.29 is 47.8 Å². The molecular formula is C30H52NO10P. The van der Waals surface area contributed by atoms with E-state index in [1.54, 1.807) is 0 Å². The van der Waals surface area contributed by atoms with Crippen molar-refractivity contribution in [1.29, 1.82) is 0 Å². The molecule has 12 heteroatoms. The van der Waals surface area contributed by atoms with Gasteiger partial charge in [-0.1, -0.05) is 82.4 Å². The number of aliphatic hydroxyl groups excluding tert-OH is 1. The third kappa shape index (κ3) is 25.4. The Labute approximate surface area is 251 Å². The van der Waals surface area contributed by atoms with Gasteiger partial charge in [-0.25, -0.2) is 9.36 Å². The maximum atomic E-state index is 12.0. The van der Waals surface area contributed by atoms with Crippen LogP contribution in [-0.4, -0.2) is 64.9 Å². The van der Waals surface area contributed by atoms with E-state index >= 15 is 0 Å². The highest BCUT2D eigenvalue weighted by atomic mass is 31.2. The molecule has 0 heterocycles. The van der Waals surface area contributed by atoms with E-state index in [9.17, 15) is 34.1 Å². The summed E-state index contributed by atoms with van der Waals surface area (Å²) in [5, 5.41) is 21.3. The number of allylic oxidation sites excluding steroid dienone is 6. The molecule has 0 radical (unpaired) electrons. The Hall–Kier alpha value is -2.30. The fraction of sp³-hybridized carbons (Fsp3) is 0.700. The monoisotopic (exact) mass is 617 g/mol. The number of aliphatic carboxylic acids is 1. The summed E-state index contributed by atoms with van der Waals surface area (Å²) in [6, 6.07) is -1.54. The number of amides is 1. The molecule has 0 saturated carbocycles. The molecule has 0 aliphatic rings. The number of hydrogen-bond acceptors (Lipinski definition) is 8. The molecule has 0 aliphatic carbocycles. The first-order valence-electron chi connectivity index (χ1n) is 15.0. The molecule has 0 aromatic heterocycles. The molecule has 0 aromatic carbocycles. The summed E-state index contributed by atoms with van der Waals surface area (Å²) in [5.41, 5.74) is 0. The number of ether oxygens (including phenoxy) is 1. The number of rotatable bonds is 27. The first-order valence-corrected chi connectivity index (χ1v) is 16.5. The van der Waals surface area contributed by atoms with E-state index in [-0.39, 0.29) is 12.8 Å². The largest absolute Gasteiger partial charge is 0.480 e. The van der Waals surface area contributed by atoms with Gasteiger partial charge in [0.05, 0.1) is 13.2 Å². The van der Waals surface area contributed by atoms with Crippen LogP contribution >= 0.6 is 7.82 Å². The second-order valence-electron chi connectivity index (χ2n) is 9.91. The molecule has 3 unspecified atom stereocenters. The second kappa shape index (κ2) is 26.3. The summed E-state index contributed by atoms with van der Waals surface area (Å²) < 4.78 is 26.3. The van der Waals surface area contributed by atoms with Crippen LogP contribution in [0.15, 0.2) is 36.5 Å². The van der Waals surface area contributed by atoms with Crippen LogP contribution in [0.1, 0.15) is 104 Å². The third-order valence-electron chi connectivity index (χ3n) is 5.94. The minimum atomic E-state index is -4.73. The van der Waals surface area contributed by atoms with Crippen LogP contribution < -0.4 is 5.32 Å². The Morgan fingerprint density at radius 2 is 1.38 bits per heavy atom. The topological polar surface area (TPSA) is 169 Å². The molecule has 0 aliphatic heterocycles. The Balaban J connectivity index is 3.96. The van der Waals surface area contributed by atoms with E-state index in [1.165, 1.54) is 0 Å². The lowest BCUT2D eigenvalue weighted by atomic mass is 10.1.